The van der Waals surface area contributed by atoms with Crippen molar-refractivity contribution < 1.29 is 9.90 Å². The Morgan fingerprint density at radius 2 is 2.11 bits per heavy atom. The summed E-state index contributed by atoms with van der Waals surface area (Å²) in [7, 11) is 0. The third-order valence-corrected chi connectivity index (χ3v) is 3.03. The van der Waals surface area contributed by atoms with Crippen LogP contribution in [0.2, 0.25) is 0 Å². The highest BCUT2D eigenvalue weighted by molar-refractivity contribution is 5.91. The van der Waals surface area contributed by atoms with Crippen LogP contribution >= 0.6 is 0 Å². The summed E-state index contributed by atoms with van der Waals surface area (Å²) in [5.41, 5.74) is 1.32. The Balaban J connectivity index is 2.50. The summed E-state index contributed by atoms with van der Waals surface area (Å²) >= 11 is 0. The lowest BCUT2D eigenvalue weighted by molar-refractivity contribution is -0.117. The second-order valence-corrected chi connectivity index (χ2v) is 5.15. The molecule has 0 aliphatic rings. The normalized spacial score (nSPS) is 14.3. The molecule has 3 heteroatoms. The molecule has 3 nitrogen and oxygen atoms in total. The number of rotatable bonds is 6. The minimum atomic E-state index is -0.832. The zero-order valence-corrected chi connectivity index (χ0v) is 11.9. The van der Waals surface area contributed by atoms with Crippen LogP contribution in [-0.4, -0.2) is 23.2 Å². The van der Waals surface area contributed by atoms with Crippen molar-refractivity contribution in [2.75, 3.05) is 6.54 Å². The molecule has 0 aliphatic heterocycles. The fraction of sp³-hybridized carbons (Fsp3) is 0.438. The third kappa shape index (κ3) is 5.71. The summed E-state index contributed by atoms with van der Waals surface area (Å²) in [4.78, 5) is 11.7. The maximum Gasteiger partial charge on any atom is 0.244 e. The summed E-state index contributed by atoms with van der Waals surface area (Å²) in [5.74, 6) is -0.181. The Labute approximate surface area is 115 Å². The van der Waals surface area contributed by atoms with Crippen LogP contribution in [0.15, 0.2) is 30.3 Å². The number of aryl methyl sites for hydroxylation is 1. The number of amides is 1. The first-order chi connectivity index (χ1) is 8.94. The molecule has 0 aliphatic carbocycles. The second-order valence-electron chi connectivity index (χ2n) is 5.15. The topological polar surface area (TPSA) is 49.3 Å². The quantitative estimate of drug-likeness (QED) is 0.773. The number of aliphatic hydroxyl groups is 1. The van der Waals surface area contributed by atoms with Gasteiger partial charge in [-0.2, -0.15) is 0 Å². The van der Waals surface area contributed by atoms with E-state index in [-0.39, 0.29) is 12.5 Å². The van der Waals surface area contributed by atoms with Crippen molar-refractivity contribution in [1.29, 1.82) is 0 Å². The van der Waals surface area contributed by atoms with Gasteiger partial charge in [0.05, 0.1) is 5.60 Å². The summed E-state index contributed by atoms with van der Waals surface area (Å²) in [6.45, 7) is 6.03. The molecule has 1 unspecified atom stereocenters. The van der Waals surface area contributed by atoms with Gasteiger partial charge in [0, 0.05) is 12.6 Å². The van der Waals surface area contributed by atoms with Crippen LogP contribution < -0.4 is 5.32 Å². The van der Waals surface area contributed by atoms with Crippen molar-refractivity contribution in [3.05, 3.63) is 41.5 Å². The molecule has 0 heterocycles. The van der Waals surface area contributed by atoms with Crippen LogP contribution in [0, 0.1) is 6.92 Å². The van der Waals surface area contributed by atoms with E-state index in [1.807, 2.05) is 38.1 Å². The van der Waals surface area contributed by atoms with Gasteiger partial charge in [0.1, 0.15) is 0 Å². The average molecular weight is 261 g/mol. The molecule has 1 amide bonds. The molecule has 1 aromatic carbocycles. The van der Waals surface area contributed by atoms with Crippen molar-refractivity contribution >= 4 is 12.0 Å². The predicted octanol–water partition coefficient (Wildman–Crippen LogP) is 2.68. The fourth-order valence-electron chi connectivity index (χ4n) is 1.90. The number of carbonyl (C=O) groups excluding carboxylic acids is 1. The summed E-state index contributed by atoms with van der Waals surface area (Å²) in [6.07, 6.45) is 4.86. The smallest absolute Gasteiger partial charge is 0.244 e. The first-order valence-corrected chi connectivity index (χ1v) is 6.68. The van der Waals surface area contributed by atoms with Crippen molar-refractivity contribution in [3.8, 4) is 0 Å². The largest absolute Gasteiger partial charge is 0.388 e. The number of hydrogen-bond acceptors (Lipinski definition) is 2. The Hall–Kier alpha value is -1.61. The van der Waals surface area contributed by atoms with Gasteiger partial charge in [-0.3, -0.25) is 4.79 Å². The van der Waals surface area contributed by atoms with Crippen LogP contribution in [0.5, 0.6) is 0 Å². The SMILES string of the molecule is CCCC(C)(O)CNC(=O)/C=C/c1ccccc1C. The molecule has 0 radical (unpaired) electrons. The van der Waals surface area contributed by atoms with Crippen LogP contribution in [-0.2, 0) is 4.79 Å². The summed E-state index contributed by atoms with van der Waals surface area (Å²) < 4.78 is 0. The van der Waals surface area contributed by atoms with E-state index in [4.69, 9.17) is 0 Å². The molecule has 0 saturated heterocycles. The number of hydrogen-bond donors (Lipinski definition) is 2. The molecule has 2 N–H and O–H groups in total. The molecule has 1 atom stereocenters. The van der Waals surface area contributed by atoms with Gasteiger partial charge in [0.25, 0.3) is 0 Å². The molecule has 0 aromatic heterocycles. The Bertz CT molecular complexity index is 450. The number of carbonyl (C=O) groups is 1. The second kappa shape index (κ2) is 7.10. The average Bonchev–Trinajstić information content (AvgIpc) is 2.35. The highest BCUT2D eigenvalue weighted by Crippen LogP contribution is 2.10. The van der Waals surface area contributed by atoms with E-state index in [1.54, 1.807) is 13.0 Å². The molecule has 0 spiro atoms. The molecular weight excluding hydrogens is 238 g/mol. The maximum absolute atomic E-state index is 11.7. The van der Waals surface area contributed by atoms with Gasteiger partial charge in [-0.15, -0.1) is 0 Å². The Morgan fingerprint density at radius 3 is 2.74 bits per heavy atom. The predicted molar refractivity (Wildman–Crippen MR) is 78.8 cm³/mol. The molecule has 0 saturated carbocycles. The van der Waals surface area contributed by atoms with E-state index in [9.17, 15) is 9.90 Å². The molecule has 1 aromatic rings. The Morgan fingerprint density at radius 1 is 1.42 bits per heavy atom. The highest BCUT2D eigenvalue weighted by Gasteiger charge is 2.19. The molecule has 0 fully saturated rings. The molecule has 19 heavy (non-hydrogen) atoms. The van der Waals surface area contributed by atoms with Gasteiger partial charge < -0.3 is 10.4 Å². The van der Waals surface area contributed by atoms with Crippen LogP contribution in [0.3, 0.4) is 0 Å². The van der Waals surface area contributed by atoms with Gasteiger partial charge in [-0.1, -0.05) is 37.6 Å². The van der Waals surface area contributed by atoms with Crippen molar-refractivity contribution in [3.63, 3.8) is 0 Å². The molecular formula is C16H23NO2. The lowest BCUT2D eigenvalue weighted by Gasteiger charge is -2.22. The van der Waals surface area contributed by atoms with E-state index in [0.717, 1.165) is 17.5 Å². The monoisotopic (exact) mass is 261 g/mol. The van der Waals surface area contributed by atoms with Crippen LogP contribution in [0.4, 0.5) is 0 Å². The van der Waals surface area contributed by atoms with Gasteiger partial charge >= 0.3 is 0 Å². The molecule has 104 valence electrons. The minimum absolute atomic E-state index is 0.181. The third-order valence-electron chi connectivity index (χ3n) is 3.03. The van der Waals surface area contributed by atoms with Crippen molar-refractivity contribution in [2.45, 2.75) is 39.2 Å². The van der Waals surface area contributed by atoms with Gasteiger partial charge in [-0.25, -0.2) is 0 Å². The minimum Gasteiger partial charge on any atom is -0.388 e. The zero-order chi connectivity index (χ0) is 14.3. The van der Waals surface area contributed by atoms with E-state index >= 15 is 0 Å². The van der Waals surface area contributed by atoms with Crippen LogP contribution in [0.1, 0.15) is 37.8 Å². The standard InChI is InChI=1S/C16H23NO2/c1-4-11-16(3,19)12-17-15(18)10-9-14-8-6-5-7-13(14)2/h5-10,19H,4,11-12H2,1-3H3,(H,17,18)/b10-9+. The molecule has 0 bridgehead atoms. The first-order valence-electron chi connectivity index (χ1n) is 6.68. The lowest BCUT2D eigenvalue weighted by atomic mass is 10.0. The maximum atomic E-state index is 11.7. The van der Waals surface area contributed by atoms with E-state index in [2.05, 4.69) is 5.32 Å². The lowest BCUT2D eigenvalue weighted by Crippen LogP contribution is -2.39. The van der Waals surface area contributed by atoms with E-state index < -0.39 is 5.60 Å². The highest BCUT2D eigenvalue weighted by atomic mass is 16.3. The summed E-state index contributed by atoms with van der Waals surface area (Å²) in [5, 5.41) is 12.7. The van der Waals surface area contributed by atoms with E-state index in [1.165, 1.54) is 6.08 Å². The number of nitrogens with one attached hydrogen (secondary N) is 1. The van der Waals surface area contributed by atoms with Gasteiger partial charge in [0.2, 0.25) is 5.91 Å². The van der Waals surface area contributed by atoms with Crippen molar-refractivity contribution in [2.24, 2.45) is 0 Å². The van der Waals surface area contributed by atoms with Gasteiger partial charge in [0.15, 0.2) is 0 Å². The van der Waals surface area contributed by atoms with Gasteiger partial charge in [-0.05, 0) is 37.5 Å². The summed E-state index contributed by atoms with van der Waals surface area (Å²) in [6, 6.07) is 7.88. The van der Waals surface area contributed by atoms with Crippen LogP contribution in [0.25, 0.3) is 6.08 Å². The first kappa shape index (κ1) is 15.4. The fourth-order valence-corrected chi connectivity index (χ4v) is 1.90. The zero-order valence-electron chi connectivity index (χ0n) is 11.9. The Kier molecular flexibility index (Phi) is 5.77. The van der Waals surface area contributed by atoms with E-state index in [0.29, 0.717) is 6.42 Å². The van der Waals surface area contributed by atoms with Crippen molar-refractivity contribution in [1.82, 2.24) is 5.32 Å². The molecule has 1 rings (SSSR count). The number of benzene rings is 1.